The second-order valence-corrected chi connectivity index (χ2v) is 7.40. The lowest BCUT2D eigenvalue weighted by Crippen LogP contribution is -2.50. The molecule has 1 aromatic carbocycles. The molecular formula is C14H21ClN2O2S. The number of para-hydroxylation sites is 1. The van der Waals surface area contributed by atoms with Gasteiger partial charge in [-0.25, -0.2) is 0 Å². The highest BCUT2D eigenvalue weighted by atomic mass is 35.5. The summed E-state index contributed by atoms with van der Waals surface area (Å²) in [5.41, 5.74) is 1.66. The van der Waals surface area contributed by atoms with Gasteiger partial charge in [0.15, 0.2) is 0 Å². The number of nitrogens with zero attached hydrogens (tertiary/aromatic N) is 2. The van der Waals surface area contributed by atoms with Gasteiger partial charge < -0.3 is 0 Å². The van der Waals surface area contributed by atoms with E-state index in [2.05, 4.69) is 0 Å². The first-order valence-corrected chi connectivity index (χ1v) is 8.79. The fourth-order valence-corrected chi connectivity index (χ4v) is 4.72. The van der Waals surface area contributed by atoms with Crippen LogP contribution in [0, 0.1) is 6.92 Å². The van der Waals surface area contributed by atoms with Gasteiger partial charge in [0.25, 0.3) is 0 Å². The van der Waals surface area contributed by atoms with Gasteiger partial charge in [-0.2, -0.15) is 12.7 Å². The smallest absolute Gasteiger partial charge is 0.260 e. The average molecular weight is 317 g/mol. The molecule has 1 saturated heterocycles. The summed E-state index contributed by atoms with van der Waals surface area (Å²) in [6.07, 6.45) is 2.77. The second-order valence-electron chi connectivity index (χ2n) is 5.18. The molecule has 1 atom stereocenters. The van der Waals surface area contributed by atoms with Crippen LogP contribution in [0.25, 0.3) is 0 Å². The van der Waals surface area contributed by atoms with E-state index < -0.39 is 10.2 Å². The normalized spacial score (nSPS) is 20.9. The summed E-state index contributed by atoms with van der Waals surface area (Å²) in [7, 11) is -1.91. The largest absolute Gasteiger partial charge is 0.304 e. The molecule has 0 spiro atoms. The SMILES string of the molecule is Cc1ccccc1N(C)S(=O)(=O)N1CCCCC1CCl. The van der Waals surface area contributed by atoms with Crippen molar-refractivity contribution in [3.05, 3.63) is 29.8 Å². The Morgan fingerprint density at radius 2 is 2.05 bits per heavy atom. The van der Waals surface area contributed by atoms with Crippen molar-refractivity contribution >= 4 is 27.5 Å². The third-order valence-electron chi connectivity index (χ3n) is 3.85. The fraction of sp³-hybridized carbons (Fsp3) is 0.571. The van der Waals surface area contributed by atoms with Crippen LogP contribution in [0.4, 0.5) is 5.69 Å². The predicted molar refractivity (Wildman–Crippen MR) is 83.6 cm³/mol. The summed E-state index contributed by atoms with van der Waals surface area (Å²) in [5, 5.41) is 0. The van der Waals surface area contributed by atoms with Gasteiger partial charge in [0.2, 0.25) is 0 Å². The minimum absolute atomic E-state index is 0.0955. The Balaban J connectivity index is 2.32. The summed E-state index contributed by atoms with van der Waals surface area (Å²) in [4.78, 5) is 0. The van der Waals surface area contributed by atoms with Crippen LogP contribution < -0.4 is 4.31 Å². The number of anilines is 1. The molecule has 1 heterocycles. The van der Waals surface area contributed by atoms with Crippen LogP contribution in [-0.2, 0) is 10.2 Å². The molecule has 1 unspecified atom stereocenters. The van der Waals surface area contributed by atoms with Crippen LogP contribution in [0.2, 0.25) is 0 Å². The third-order valence-corrected chi connectivity index (χ3v) is 6.17. The number of hydrogen-bond acceptors (Lipinski definition) is 2. The minimum atomic E-state index is -3.52. The molecule has 0 N–H and O–H groups in total. The molecule has 1 aliphatic heterocycles. The Kier molecular flexibility index (Phi) is 4.94. The zero-order valence-electron chi connectivity index (χ0n) is 11.9. The van der Waals surface area contributed by atoms with E-state index in [0.29, 0.717) is 18.1 Å². The zero-order valence-corrected chi connectivity index (χ0v) is 13.5. The van der Waals surface area contributed by atoms with Crippen molar-refractivity contribution < 1.29 is 8.42 Å². The highest BCUT2D eigenvalue weighted by Crippen LogP contribution is 2.27. The van der Waals surface area contributed by atoms with Crippen LogP contribution in [0.3, 0.4) is 0 Å². The van der Waals surface area contributed by atoms with Crippen LogP contribution >= 0.6 is 11.6 Å². The molecule has 0 aromatic heterocycles. The van der Waals surface area contributed by atoms with E-state index in [4.69, 9.17) is 11.6 Å². The van der Waals surface area contributed by atoms with Gasteiger partial charge in [-0.15, -0.1) is 11.6 Å². The number of piperidine rings is 1. The van der Waals surface area contributed by atoms with Gasteiger partial charge in [0, 0.05) is 25.5 Å². The number of alkyl halides is 1. The number of aryl methyl sites for hydroxylation is 1. The monoisotopic (exact) mass is 316 g/mol. The lowest BCUT2D eigenvalue weighted by Gasteiger charge is -2.36. The van der Waals surface area contributed by atoms with Crippen molar-refractivity contribution in [2.75, 3.05) is 23.8 Å². The van der Waals surface area contributed by atoms with Crippen molar-refractivity contribution in [3.8, 4) is 0 Å². The summed E-state index contributed by atoms with van der Waals surface area (Å²) < 4.78 is 28.5. The molecule has 0 amide bonds. The van der Waals surface area contributed by atoms with E-state index in [-0.39, 0.29) is 6.04 Å². The fourth-order valence-electron chi connectivity index (χ4n) is 2.63. The van der Waals surface area contributed by atoms with Crippen molar-refractivity contribution in [3.63, 3.8) is 0 Å². The molecule has 4 nitrogen and oxygen atoms in total. The van der Waals surface area contributed by atoms with Crippen molar-refractivity contribution in [1.82, 2.24) is 4.31 Å². The highest BCUT2D eigenvalue weighted by Gasteiger charge is 2.35. The number of hydrogen-bond donors (Lipinski definition) is 0. The molecule has 0 radical (unpaired) electrons. The van der Waals surface area contributed by atoms with Gasteiger partial charge in [0.05, 0.1) is 5.69 Å². The maximum absolute atomic E-state index is 12.8. The van der Waals surface area contributed by atoms with Crippen LogP contribution in [0.1, 0.15) is 24.8 Å². The molecule has 0 aliphatic carbocycles. The van der Waals surface area contributed by atoms with Crippen molar-refractivity contribution in [1.29, 1.82) is 0 Å². The van der Waals surface area contributed by atoms with Crippen molar-refractivity contribution in [2.24, 2.45) is 0 Å². The lowest BCUT2D eigenvalue weighted by molar-refractivity contribution is 0.271. The molecule has 1 fully saturated rings. The molecule has 1 aliphatic rings. The molecular weight excluding hydrogens is 296 g/mol. The van der Waals surface area contributed by atoms with Crippen molar-refractivity contribution in [2.45, 2.75) is 32.2 Å². The van der Waals surface area contributed by atoms with E-state index in [1.54, 1.807) is 11.4 Å². The average Bonchev–Trinajstić information content (AvgIpc) is 2.47. The Labute approximate surface area is 126 Å². The van der Waals surface area contributed by atoms with E-state index in [1.807, 2.05) is 31.2 Å². The predicted octanol–water partition coefficient (Wildman–Crippen LogP) is 2.77. The van der Waals surface area contributed by atoms with E-state index in [9.17, 15) is 8.42 Å². The first-order chi connectivity index (χ1) is 9.48. The second kappa shape index (κ2) is 6.33. The molecule has 6 heteroatoms. The summed E-state index contributed by atoms with van der Waals surface area (Å²) in [5.74, 6) is 0.348. The first-order valence-electron chi connectivity index (χ1n) is 6.85. The van der Waals surface area contributed by atoms with E-state index >= 15 is 0 Å². The molecule has 112 valence electrons. The Hall–Kier alpha value is -0.780. The lowest BCUT2D eigenvalue weighted by atomic mass is 10.1. The van der Waals surface area contributed by atoms with E-state index in [1.165, 1.54) is 4.31 Å². The van der Waals surface area contributed by atoms with Crippen LogP contribution in [0.5, 0.6) is 0 Å². The third kappa shape index (κ3) is 2.95. The number of halogens is 1. The maximum Gasteiger partial charge on any atom is 0.304 e. The molecule has 20 heavy (non-hydrogen) atoms. The zero-order chi connectivity index (χ0) is 14.8. The van der Waals surface area contributed by atoms with Gasteiger partial charge in [-0.05, 0) is 31.4 Å². The van der Waals surface area contributed by atoms with Gasteiger partial charge in [0.1, 0.15) is 0 Å². The minimum Gasteiger partial charge on any atom is -0.260 e. The molecule has 1 aromatic rings. The standard InChI is InChI=1S/C14H21ClN2O2S/c1-12-7-3-4-9-14(12)16(2)20(18,19)17-10-6-5-8-13(17)11-15/h3-4,7,9,13H,5-6,8,10-11H2,1-2H3. The Bertz CT molecular complexity index is 562. The summed E-state index contributed by atoms with van der Waals surface area (Å²) in [6.45, 7) is 2.46. The van der Waals surface area contributed by atoms with Gasteiger partial charge in [-0.1, -0.05) is 24.6 Å². The number of benzene rings is 1. The highest BCUT2D eigenvalue weighted by molar-refractivity contribution is 7.90. The number of rotatable bonds is 4. The Morgan fingerprint density at radius 1 is 1.35 bits per heavy atom. The summed E-state index contributed by atoms with van der Waals surface area (Å²) >= 11 is 5.94. The molecule has 0 bridgehead atoms. The van der Waals surface area contributed by atoms with Crippen LogP contribution in [0.15, 0.2) is 24.3 Å². The summed E-state index contributed by atoms with van der Waals surface area (Å²) in [6, 6.07) is 7.40. The van der Waals surface area contributed by atoms with Gasteiger partial charge in [-0.3, -0.25) is 4.31 Å². The quantitative estimate of drug-likeness (QED) is 0.801. The molecule has 0 saturated carbocycles. The topological polar surface area (TPSA) is 40.6 Å². The maximum atomic E-state index is 12.8. The van der Waals surface area contributed by atoms with E-state index in [0.717, 1.165) is 24.8 Å². The molecule has 2 rings (SSSR count). The van der Waals surface area contributed by atoms with Crippen LogP contribution in [-0.4, -0.2) is 38.2 Å². The van der Waals surface area contributed by atoms with Gasteiger partial charge >= 0.3 is 10.2 Å². The Morgan fingerprint density at radius 3 is 2.70 bits per heavy atom. The first kappa shape index (κ1) is 15.6.